The number of nitrogens with zero attached hydrogens (tertiary/aromatic N) is 1. The Morgan fingerprint density at radius 3 is 2.16 bits per heavy atom. The number of ether oxygens (including phenoxy) is 2. The summed E-state index contributed by atoms with van der Waals surface area (Å²) in [7, 11) is 1.55. The molecule has 3 aliphatic rings. The number of likely N-dealkylation sites (tertiary alicyclic amines) is 1. The van der Waals surface area contributed by atoms with E-state index in [0.29, 0.717) is 11.4 Å². The number of carbonyl (C=O) groups is 4. The Morgan fingerprint density at radius 2 is 1.65 bits per heavy atom. The van der Waals surface area contributed by atoms with Gasteiger partial charge in [-0.3, -0.25) is 19.3 Å². The lowest BCUT2D eigenvalue weighted by atomic mass is 9.81. The van der Waals surface area contributed by atoms with Crippen molar-refractivity contribution in [2.45, 2.75) is 39.2 Å². The van der Waals surface area contributed by atoms with Gasteiger partial charge in [-0.15, -0.1) is 0 Å². The SMILES string of the molecule is COc1ccc(NC(=O)COC(=O)[C@H](C(C)C)N2C(=O)[C@@H]3[C@H]4CC[C@@H](C4)[C@@H]3C2=O)cc1. The van der Waals surface area contributed by atoms with Gasteiger partial charge >= 0.3 is 5.97 Å². The first-order chi connectivity index (χ1) is 14.8. The summed E-state index contributed by atoms with van der Waals surface area (Å²) in [6, 6.07) is 5.73. The second kappa shape index (κ2) is 8.32. The summed E-state index contributed by atoms with van der Waals surface area (Å²) in [5.74, 6) is -1.49. The predicted molar refractivity (Wildman–Crippen MR) is 111 cm³/mol. The lowest BCUT2D eigenvalue weighted by Crippen LogP contribution is -2.50. The number of methoxy groups -OCH3 is 1. The van der Waals surface area contributed by atoms with Crippen molar-refractivity contribution in [3.05, 3.63) is 24.3 Å². The Balaban J connectivity index is 1.39. The number of hydrogen-bond acceptors (Lipinski definition) is 6. The van der Waals surface area contributed by atoms with Gasteiger partial charge in [-0.1, -0.05) is 13.8 Å². The lowest BCUT2D eigenvalue weighted by Gasteiger charge is -2.28. The van der Waals surface area contributed by atoms with E-state index in [1.165, 1.54) is 0 Å². The van der Waals surface area contributed by atoms with Crippen LogP contribution in [0.25, 0.3) is 0 Å². The summed E-state index contributed by atoms with van der Waals surface area (Å²) >= 11 is 0. The van der Waals surface area contributed by atoms with Crippen LogP contribution in [0.5, 0.6) is 5.75 Å². The summed E-state index contributed by atoms with van der Waals surface area (Å²) in [4.78, 5) is 52.3. The molecule has 1 aliphatic heterocycles. The van der Waals surface area contributed by atoms with Crippen molar-refractivity contribution >= 4 is 29.4 Å². The maximum atomic E-state index is 13.1. The van der Waals surface area contributed by atoms with Crippen LogP contribution in [-0.4, -0.2) is 48.3 Å². The molecule has 3 amide bonds. The lowest BCUT2D eigenvalue weighted by molar-refractivity contribution is -0.162. The third-order valence-electron chi connectivity index (χ3n) is 6.83. The van der Waals surface area contributed by atoms with Gasteiger partial charge in [-0.05, 0) is 61.3 Å². The van der Waals surface area contributed by atoms with E-state index in [0.717, 1.165) is 24.2 Å². The van der Waals surface area contributed by atoms with E-state index in [9.17, 15) is 19.2 Å². The molecule has 166 valence electrons. The largest absolute Gasteiger partial charge is 0.497 e. The first-order valence-electron chi connectivity index (χ1n) is 10.8. The van der Waals surface area contributed by atoms with E-state index >= 15 is 0 Å². The Bertz CT molecular complexity index is 868. The molecule has 1 heterocycles. The number of fused-ring (bicyclic) bond motifs is 5. The van der Waals surface area contributed by atoms with Crippen molar-refractivity contribution in [3.8, 4) is 5.75 Å². The zero-order valence-corrected chi connectivity index (χ0v) is 18.0. The maximum Gasteiger partial charge on any atom is 0.330 e. The van der Waals surface area contributed by atoms with Crippen LogP contribution in [0.3, 0.4) is 0 Å². The van der Waals surface area contributed by atoms with Crippen LogP contribution < -0.4 is 10.1 Å². The van der Waals surface area contributed by atoms with Gasteiger partial charge in [0.2, 0.25) is 11.8 Å². The molecule has 0 unspecified atom stereocenters. The molecule has 31 heavy (non-hydrogen) atoms. The van der Waals surface area contributed by atoms with Crippen LogP contribution in [0.2, 0.25) is 0 Å². The molecule has 0 radical (unpaired) electrons. The molecule has 8 heteroatoms. The molecule has 0 spiro atoms. The van der Waals surface area contributed by atoms with E-state index in [4.69, 9.17) is 9.47 Å². The molecular formula is C23H28N2O6. The summed E-state index contributed by atoms with van der Waals surface area (Å²) < 4.78 is 10.3. The first kappa shape index (κ1) is 21.3. The molecule has 1 aromatic carbocycles. The Labute approximate surface area is 181 Å². The topological polar surface area (TPSA) is 102 Å². The number of imide groups is 1. The minimum atomic E-state index is -1.02. The number of hydrogen-bond donors (Lipinski definition) is 1. The van der Waals surface area contributed by atoms with Crippen molar-refractivity contribution in [1.82, 2.24) is 4.90 Å². The second-order valence-corrected chi connectivity index (χ2v) is 9.00. The van der Waals surface area contributed by atoms with Gasteiger partial charge in [0.15, 0.2) is 6.61 Å². The zero-order chi connectivity index (χ0) is 22.3. The van der Waals surface area contributed by atoms with Gasteiger partial charge in [0.05, 0.1) is 18.9 Å². The van der Waals surface area contributed by atoms with E-state index < -0.39 is 24.5 Å². The van der Waals surface area contributed by atoms with Crippen LogP contribution in [-0.2, 0) is 23.9 Å². The number of rotatable bonds is 7. The molecule has 4 rings (SSSR count). The maximum absolute atomic E-state index is 13.1. The number of esters is 1. The van der Waals surface area contributed by atoms with Crippen molar-refractivity contribution in [2.75, 3.05) is 19.0 Å². The van der Waals surface area contributed by atoms with Gasteiger partial charge < -0.3 is 14.8 Å². The van der Waals surface area contributed by atoms with Crippen LogP contribution >= 0.6 is 0 Å². The number of amides is 3. The van der Waals surface area contributed by atoms with Crippen LogP contribution in [0.4, 0.5) is 5.69 Å². The average Bonchev–Trinajstić information content (AvgIpc) is 3.42. The molecule has 1 N–H and O–H groups in total. The van der Waals surface area contributed by atoms with Gasteiger partial charge in [-0.2, -0.15) is 0 Å². The normalized spacial score (nSPS) is 27.4. The number of nitrogens with one attached hydrogen (secondary N) is 1. The smallest absolute Gasteiger partial charge is 0.330 e. The van der Waals surface area contributed by atoms with Gasteiger partial charge in [0.1, 0.15) is 11.8 Å². The molecule has 2 saturated carbocycles. The van der Waals surface area contributed by atoms with E-state index in [2.05, 4.69) is 5.32 Å². The second-order valence-electron chi connectivity index (χ2n) is 9.00. The molecule has 2 bridgehead atoms. The minimum absolute atomic E-state index is 0.246. The highest BCUT2D eigenvalue weighted by Gasteiger charge is 2.62. The fourth-order valence-corrected chi connectivity index (χ4v) is 5.48. The van der Waals surface area contributed by atoms with Gasteiger partial charge in [0, 0.05) is 5.69 Å². The molecule has 0 aromatic heterocycles. The third kappa shape index (κ3) is 3.79. The number of carbonyl (C=O) groups excluding carboxylic acids is 4. The standard InChI is InChI=1S/C23H28N2O6/c1-12(2)20(25-21(27)18-13-4-5-14(10-13)19(18)22(25)28)23(29)31-11-17(26)24-15-6-8-16(30-3)9-7-15/h6-9,12-14,18-20H,4-5,10-11H2,1-3H3,(H,24,26)/t13-,14-,18-,19+,20-/m0/s1. The highest BCUT2D eigenvalue weighted by atomic mass is 16.5. The highest BCUT2D eigenvalue weighted by molar-refractivity contribution is 6.08. The highest BCUT2D eigenvalue weighted by Crippen LogP contribution is 2.56. The molecule has 2 aliphatic carbocycles. The Hall–Kier alpha value is -2.90. The van der Waals surface area contributed by atoms with E-state index in [1.54, 1.807) is 45.2 Å². The Kier molecular flexibility index (Phi) is 5.73. The predicted octanol–water partition coefficient (Wildman–Crippen LogP) is 2.23. The van der Waals surface area contributed by atoms with E-state index in [1.807, 2.05) is 0 Å². The average molecular weight is 428 g/mol. The summed E-state index contributed by atoms with van der Waals surface area (Å²) in [6.45, 7) is 3.04. The van der Waals surface area contributed by atoms with Crippen molar-refractivity contribution in [3.63, 3.8) is 0 Å². The van der Waals surface area contributed by atoms with E-state index in [-0.39, 0.29) is 41.4 Å². The molecule has 3 fully saturated rings. The quantitative estimate of drug-likeness (QED) is 0.528. The van der Waals surface area contributed by atoms with Crippen molar-refractivity contribution in [1.29, 1.82) is 0 Å². The molecule has 1 saturated heterocycles. The van der Waals surface area contributed by atoms with Crippen molar-refractivity contribution in [2.24, 2.45) is 29.6 Å². The van der Waals surface area contributed by atoms with Crippen molar-refractivity contribution < 1.29 is 28.7 Å². The molecule has 8 nitrogen and oxygen atoms in total. The van der Waals surface area contributed by atoms with Crippen LogP contribution in [0.1, 0.15) is 33.1 Å². The van der Waals surface area contributed by atoms with Gasteiger partial charge in [0.25, 0.3) is 5.91 Å². The first-order valence-corrected chi connectivity index (χ1v) is 10.8. The molecule has 5 atom stereocenters. The number of benzene rings is 1. The summed E-state index contributed by atoms with van der Waals surface area (Å²) in [5, 5.41) is 2.64. The van der Waals surface area contributed by atoms with Crippen LogP contribution in [0.15, 0.2) is 24.3 Å². The molecular weight excluding hydrogens is 400 g/mol. The zero-order valence-electron chi connectivity index (χ0n) is 18.0. The monoisotopic (exact) mass is 428 g/mol. The third-order valence-corrected chi connectivity index (χ3v) is 6.83. The number of anilines is 1. The Morgan fingerprint density at radius 1 is 1.06 bits per heavy atom. The van der Waals surface area contributed by atoms with Crippen LogP contribution in [0, 0.1) is 29.6 Å². The minimum Gasteiger partial charge on any atom is -0.497 e. The summed E-state index contributed by atoms with van der Waals surface area (Å²) in [6.07, 6.45) is 2.88. The fraction of sp³-hybridized carbons (Fsp3) is 0.565. The van der Waals surface area contributed by atoms with Gasteiger partial charge in [-0.25, -0.2) is 4.79 Å². The summed E-state index contributed by atoms with van der Waals surface area (Å²) in [5.41, 5.74) is 0.537. The fourth-order valence-electron chi connectivity index (χ4n) is 5.48. The molecule has 1 aromatic rings.